The van der Waals surface area contributed by atoms with Gasteiger partial charge in [0.15, 0.2) is 0 Å². The van der Waals surface area contributed by atoms with Crippen LogP contribution in [0, 0.1) is 0 Å². The molecule has 0 saturated heterocycles. The molecule has 30 heavy (non-hydrogen) atoms. The third-order valence-electron chi connectivity index (χ3n) is 5.80. The minimum atomic E-state index is -1.84. The molecule has 0 N–H and O–H groups in total. The molecule has 2 aromatic carbocycles. The average molecular weight is 473 g/mol. The van der Waals surface area contributed by atoms with E-state index in [0.29, 0.717) is 0 Å². The molecule has 156 valence electrons. The standard InChI is InChI=1S/C13H10.C9H13.C5H5.2ClH.Ti/c1-3-7-12(8-4-1)11-13-9-5-2-6-10-13;1-3-8-6-5-7-9(8)4-2;1-2-4-5-3-1;;;/h1-10H;6H,3-4,7H2,1-2H3;1-3H,4H2;2*1H;. The van der Waals surface area contributed by atoms with Crippen LogP contribution in [0.5, 0.6) is 0 Å². The third-order valence-corrected chi connectivity index (χ3v) is 10.6. The Kier molecular flexibility index (Phi) is 9.78. The first-order valence-electron chi connectivity index (χ1n) is 10.4. The number of halogens is 2. The summed E-state index contributed by atoms with van der Waals surface area (Å²) < 4.78 is 5.02. The molecule has 0 heterocycles. The fourth-order valence-electron chi connectivity index (χ4n) is 4.40. The van der Waals surface area contributed by atoms with Gasteiger partial charge < -0.3 is 0 Å². The van der Waals surface area contributed by atoms with Gasteiger partial charge in [-0.15, -0.1) is 24.8 Å². The molecule has 0 unspecified atom stereocenters. The predicted octanol–water partition coefficient (Wildman–Crippen LogP) is 7.97. The smallest absolute Gasteiger partial charge is 0.147 e. The number of benzene rings is 2. The molecular formula is C27H30Cl2Ti. The van der Waals surface area contributed by atoms with E-state index in [4.69, 9.17) is 0 Å². The molecule has 2 aliphatic carbocycles. The van der Waals surface area contributed by atoms with Crippen LogP contribution in [0.4, 0.5) is 0 Å². The maximum atomic E-state index is 2.58. The summed E-state index contributed by atoms with van der Waals surface area (Å²) in [5.74, 6) is 0. The number of hydrogen-bond acceptors (Lipinski definition) is 0. The molecule has 2 aromatic rings. The molecule has 0 amide bonds. The topological polar surface area (TPSA) is 0 Å². The normalized spacial score (nSPS) is 14.6. The minimum Gasteiger partial charge on any atom is -0.147 e. The Hall–Kier alpha value is -1.44. The molecule has 0 nitrogen and oxygen atoms in total. The molecule has 2 aliphatic rings. The fraction of sp³-hybridized carbons (Fsp3) is 0.222. The van der Waals surface area contributed by atoms with Crippen molar-refractivity contribution in [3.05, 3.63) is 115 Å². The van der Waals surface area contributed by atoms with Gasteiger partial charge in [0.2, 0.25) is 0 Å². The molecule has 0 aliphatic heterocycles. The summed E-state index contributed by atoms with van der Waals surface area (Å²) >= 11 is -1.84. The second-order valence-corrected chi connectivity index (χ2v) is 11.4. The Morgan fingerprint density at radius 2 is 1.40 bits per heavy atom. The van der Waals surface area contributed by atoms with Crippen LogP contribution in [0.25, 0.3) is 0 Å². The van der Waals surface area contributed by atoms with Gasteiger partial charge in [-0.25, -0.2) is 0 Å². The monoisotopic (exact) mass is 472 g/mol. The van der Waals surface area contributed by atoms with Crippen LogP contribution in [0.3, 0.4) is 0 Å². The van der Waals surface area contributed by atoms with Gasteiger partial charge >= 0.3 is 176 Å². The first-order chi connectivity index (χ1) is 13.8. The number of rotatable bonds is 6. The van der Waals surface area contributed by atoms with Crippen LogP contribution < -0.4 is 0 Å². The van der Waals surface area contributed by atoms with E-state index in [-0.39, 0.29) is 24.8 Å². The Labute approximate surface area is 199 Å². The molecule has 0 radical (unpaired) electrons. The molecule has 0 aromatic heterocycles. The van der Waals surface area contributed by atoms with Gasteiger partial charge in [-0.3, -0.25) is 0 Å². The van der Waals surface area contributed by atoms with Gasteiger partial charge in [0.05, 0.1) is 0 Å². The fourth-order valence-corrected chi connectivity index (χ4v) is 9.49. The number of allylic oxidation sites excluding steroid dienone is 8. The predicted molar refractivity (Wildman–Crippen MR) is 133 cm³/mol. The summed E-state index contributed by atoms with van der Waals surface area (Å²) in [5.41, 5.74) is 6.06. The van der Waals surface area contributed by atoms with Crippen molar-refractivity contribution in [2.24, 2.45) is 0 Å². The summed E-state index contributed by atoms with van der Waals surface area (Å²) in [7, 11) is 0. The summed E-state index contributed by atoms with van der Waals surface area (Å²) in [4.78, 5) is 0. The first-order valence-corrected chi connectivity index (χ1v) is 12.8. The minimum absolute atomic E-state index is 0. The van der Waals surface area contributed by atoms with Crippen LogP contribution in [0.1, 0.15) is 50.7 Å². The SMILES string of the molecule is CCC1=C(CC)C[C]([Ti]([C]2=CC=CC2)=[C](c2ccccc2)c2ccccc2)=C1.Cl.Cl. The Balaban J connectivity index is 0.00000160. The molecular weight excluding hydrogens is 443 g/mol. The zero-order valence-electron chi connectivity index (χ0n) is 17.7. The van der Waals surface area contributed by atoms with Gasteiger partial charge in [-0.05, 0) is 0 Å². The zero-order valence-corrected chi connectivity index (χ0v) is 20.9. The molecule has 3 heteroatoms. The van der Waals surface area contributed by atoms with Gasteiger partial charge in [-0.2, -0.15) is 0 Å². The van der Waals surface area contributed by atoms with Crippen molar-refractivity contribution in [1.29, 1.82) is 0 Å². The van der Waals surface area contributed by atoms with E-state index in [2.05, 4.69) is 98.8 Å². The van der Waals surface area contributed by atoms with Crippen molar-refractivity contribution in [3.63, 3.8) is 0 Å². The van der Waals surface area contributed by atoms with Crippen molar-refractivity contribution in [2.75, 3.05) is 0 Å². The van der Waals surface area contributed by atoms with Crippen molar-refractivity contribution < 1.29 is 17.4 Å². The summed E-state index contributed by atoms with van der Waals surface area (Å²) in [5, 5.41) is 0. The van der Waals surface area contributed by atoms with Gasteiger partial charge in [0.25, 0.3) is 0 Å². The van der Waals surface area contributed by atoms with E-state index in [9.17, 15) is 0 Å². The molecule has 0 atom stereocenters. The summed E-state index contributed by atoms with van der Waals surface area (Å²) in [6.07, 6.45) is 14.2. The molecule has 0 spiro atoms. The van der Waals surface area contributed by atoms with Gasteiger partial charge in [0, 0.05) is 0 Å². The van der Waals surface area contributed by atoms with Crippen LogP contribution in [0.2, 0.25) is 0 Å². The van der Waals surface area contributed by atoms with Gasteiger partial charge in [-0.1, -0.05) is 0 Å². The van der Waals surface area contributed by atoms with E-state index >= 15 is 0 Å². The quantitative estimate of drug-likeness (QED) is 0.374. The molecule has 4 rings (SSSR count). The Morgan fingerprint density at radius 3 is 1.83 bits per heavy atom. The van der Waals surface area contributed by atoms with E-state index in [1.165, 1.54) is 24.0 Å². The Bertz CT molecular complexity index is 968. The van der Waals surface area contributed by atoms with Crippen molar-refractivity contribution in [3.8, 4) is 0 Å². The van der Waals surface area contributed by atoms with Crippen LogP contribution in [0.15, 0.2) is 104 Å². The second kappa shape index (κ2) is 11.8. The van der Waals surface area contributed by atoms with Crippen molar-refractivity contribution in [2.45, 2.75) is 39.5 Å². The van der Waals surface area contributed by atoms with Crippen LogP contribution >= 0.6 is 24.8 Å². The summed E-state index contributed by atoms with van der Waals surface area (Å²) in [6.45, 7) is 4.62. The number of hydrogen-bond donors (Lipinski definition) is 0. The molecule has 0 fully saturated rings. The largest absolute Gasteiger partial charge is 0.147 e. The maximum Gasteiger partial charge on any atom is -0.147 e. The van der Waals surface area contributed by atoms with E-state index in [1.807, 2.05) is 0 Å². The van der Waals surface area contributed by atoms with Gasteiger partial charge in [0.1, 0.15) is 0 Å². The van der Waals surface area contributed by atoms with Crippen molar-refractivity contribution in [1.82, 2.24) is 0 Å². The zero-order chi connectivity index (χ0) is 19.3. The van der Waals surface area contributed by atoms with Crippen LogP contribution in [-0.2, 0) is 17.4 Å². The molecule has 0 bridgehead atoms. The summed E-state index contributed by atoms with van der Waals surface area (Å²) in [6, 6.07) is 22.2. The second-order valence-electron chi connectivity index (χ2n) is 7.49. The van der Waals surface area contributed by atoms with E-state index in [1.54, 1.807) is 22.7 Å². The van der Waals surface area contributed by atoms with Crippen molar-refractivity contribution >= 4 is 28.6 Å². The maximum absolute atomic E-state index is 2.58. The first kappa shape index (κ1) is 24.8. The Morgan fingerprint density at radius 1 is 0.800 bits per heavy atom. The van der Waals surface area contributed by atoms with E-state index < -0.39 is 17.4 Å². The van der Waals surface area contributed by atoms with E-state index in [0.717, 1.165) is 12.8 Å². The molecule has 0 saturated carbocycles. The van der Waals surface area contributed by atoms with Crippen LogP contribution in [-0.4, -0.2) is 3.81 Å². The average Bonchev–Trinajstić information content (AvgIpc) is 3.43. The third kappa shape index (κ3) is 5.24.